The van der Waals surface area contributed by atoms with Crippen LogP contribution in [0.4, 0.5) is 0 Å². The van der Waals surface area contributed by atoms with Crippen LogP contribution in [0.3, 0.4) is 0 Å². The third-order valence-corrected chi connectivity index (χ3v) is 9.47. The summed E-state index contributed by atoms with van der Waals surface area (Å²) in [5.41, 5.74) is -1.12. The van der Waals surface area contributed by atoms with Gasteiger partial charge >= 0.3 is 23.9 Å². The van der Waals surface area contributed by atoms with Gasteiger partial charge in [-0.15, -0.1) is 0 Å². The number of aliphatic hydroxyl groups is 1. The van der Waals surface area contributed by atoms with Crippen molar-refractivity contribution in [2.45, 2.75) is 113 Å². The molecule has 6 atom stereocenters. The number of hydrogen-bond donors (Lipinski definition) is 1. The second-order valence-corrected chi connectivity index (χ2v) is 14.1. The zero-order valence-corrected chi connectivity index (χ0v) is 27.2. The Labute approximate surface area is 267 Å². The van der Waals surface area contributed by atoms with Crippen molar-refractivity contribution in [3.8, 4) is 11.5 Å². The van der Waals surface area contributed by atoms with Crippen LogP contribution < -0.4 is 9.47 Å². The van der Waals surface area contributed by atoms with Gasteiger partial charge in [-0.1, -0.05) is 6.07 Å². The first-order valence-corrected chi connectivity index (χ1v) is 15.5. The predicted molar refractivity (Wildman–Crippen MR) is 158 cm³/mol. The van der Waals surface area contributed by atoms with Crippen LogP contribution >= 0.6 is 0 Å². The van der Waals surface area contributed by atoms with Crippen molar-refractivity contribution in [2.24, 2.45) is 0 Å². The molecular formula is C33H41NO12. The van der Waals surface area contributed by atoms with Crippen molar-refractivity contribution in [3.05, 3.63) is 35.1 Å². The van der Waals surface area contributed by atoms with Crippen LogP contribution in [0.1, 0.15) is 71.4 Å². The summed E-state index contributed by atoms with van der Waals surface area (Å²) in [5.74, 6) is -3.51. The lowest BCUT2D eigenvalue weighted by molar-refractivity contribution is -0.182. The van der Waals surface area contributed by atoms with E-state index in [1.165, 1.54) is 13.8 Å². The van der Waals surface area contributed by atoms with E-state index < -0.39 is 77.4 Å². The van der Waals surface area contributed by atoms with Crippen LogP contribution in [0.2, 0.25) is 0 Å². The second kappa shape index (κ2) is 11.0. The number of piperidine rings is 1. The molecule has 2 saturated heterocycles. The summed E-state index contributed by atoms with van der Waals surface area (Å²) in [5, 5.41) is 12.4. The fourth-order valence-electron chi connectivity index (χ4n) is 7.66. The molecule has 3 aliphatic heterocycles. The van der Waals surface area contributed by atoms with E-state index in [1.807, 2.05) is 19.2 Å². The smallest absolute Gasteiger partial charge is 0.348 e. The lowest BCUT2D eigenvalue weighted by Crippen LogP contribution is -2.74. The highest BCUT2D eigenvalue weighted by Gasteiger charge is 2.72. The van der Waals surface area contributed by atoms with Crippen molar-refractivity contribution >= 4 is 23.9 Å². The van der Waals surface area contributed by atoms with Crippen molar-refractivity contribution in [1.82, 2.24) is 4.90 Å². The number of carbonyl (C=O) groups is 4. The maximum Gasteiger partial charge on any atom is 0.348 e. The van der Waals surface area contributed by atoms with E-state index in [-0.39, 0.29) is 18.2 Å². The monoisotopic (exact) mass is 643 g/mol. The minimum absolute atomic E-state index is 0.185. The molecule has 2 aliphatic carbocycles. The largest absolute Gasteiger partial charge is 0.493 e. The second-order valence-electron chi connectivity index (χ2n) is 14.1. The molecule has 2 fully saturated rings. The van der Waals surface area contributed by atoms with Crippen molar-refractivity contribution in [1.29, 1.82) is 0 Å². The van der Waals surface area contributed by atoms with Crippen molar-refractivity contribution < 1.29 is 57.4 Å². The van der Waals surface area contributed by atoms with Gasteiger partial charge in [-0.3, -0.25) is 9.59 Å². The van der Waals surface area contributed by atoms with E-state index in [0.29, 0.717) is 30.9 Å². The maximum atomic E-state index is 13.5. The van der Waals surface area contributed by atoms with Crippen molar-refractivity contribution in [3.63, 3.8) is 0 Å². The van der Waals surface area contributed by atoms with E-state index in [4.69, 9.17) is 33.2 Å². The van der Waals surface area contributed by atoms with Crippen LogP contribution in [0, 0.1) is 0 Å². The zero-order valence-electron chi connectivity index (χ0n) is 27.2. The number of carbonyl (C=O) groups excluding carboxylic acids is 4. The van der Waals surface area contributed by atoms with Gasteiger partial charge in [0.2, 0.25) is 11.9 Å². The Kier molecular flexibility index (Phi) is 7.68. The zero-order chi connectivity index (χ0) is 33.4. The molecule has 3 heterocycles. The van der Waals surface area contributed by atoms with E-state index in [1.54, 1.807) is 34.0 Å². The average Bonchev–Trinajstić information content (AvgIpc) is 3.43. The molecule has 1 spiro atoms. The molecule has 0 unspecified atom stereocenters. The highest BCUT2D eigenvalue weighted by atomic mass is 16.8. The first-order valence-electron chi connectivity index (χ1n) is 15.5. The number of nitrogens with zero attached hydrogens (tertiary/aromatic N) is 1. The summed E-state index contributed by atoms with van der Waals surface area (Å²) in [6.45, 7) is 8.65. The minimum Gasteiger partial charge on any atom is -0.493 e. The van der Waals surface area contributed by atoms with Crippen molar-refractivity contribution in [2.75, 3.05) is 20.7 Å². The Morgan fingerprint density at radius 2 is 1.91 bits per heavy atom. The number of esters is 4. The third kappa shape index (κ3) is 5.22. The van der Waals surface area contributed by atoms with E-state index >= 15 is 0 Å². The van der Waals surface area contributed by atoms with Gasteiger partial charge in [0.05, 0.1) is 31.0 Å². The number of benzene rings is 1. The molecule has 0 aromatic heterocycles. The summed E-state index contributed by atoms with van der Waals surface area (Å²) in [4.78, 5) is 53.8. The first kappa shape index (κ1) is 32.3. The van der Waals surface area contributed by atoms with Gasteiger partial charge in [0.15, 0.2) is 23.7 Å². The molecule has 1 N–H and O–H groups in total. The Bertz CT molecular complexity index is 1510. The molecule has 1 aromatic rings. The van der Waals surface area contributed by atoms with E-state index in [2.05, 4.69) is 4.90 Å². The highest BCUT2D eigenvalue weighted by Crippen LogP contribution is 2.65. The Morgan fingerprint density at radius 3 is 2.57 bits per heavy atom. The van der Waals surface area contributed by atoms with Gasteiger partial charge in [-0.2, -0.15) is 0 Å². The van der Waals surface area contributed by atoms with Crippen LogP contribution in [-0.4, -0.2) is 95.9 Å². The fourth-order valence-corrected chi connectivity index (χ4v) is 7.66. The molecule has 13 nitrogen and oxygen atoms in total. The summed E-state index contributed by atoms with van der Waals surface area (Å²) in [6.07, 6.45) is -1.89. The molecule has 6 rings (SSSR count). The number of methoxy groups -OCH3 is 1. The topological polar surface area (TPSA) is 156 Å². The summed E-state index contributed by atoms with van der Waals surface area (Å²) >= 11 is 0. The third-order valence-electron chi connectivity index (χ3n) is 9.47. The van der Waals surface area contributed by atoms with Gasteiger partial charge in [-0.25, -0.2) is 9.59 Å². The lowest BCUT2D eigenvalue weighted by atomic mass is 9.50. The lowest BCUT2D eigenvalue weighted by Gasteiger charge is -2.61. The van der Waals surface area contributed by atoms with E-state index in [0.717, 1.165) is 11.1 Å². The Hall–Kier alpha value is -3.68. The number of cyclic esters (lactones) is 1. The number of rotatable bonds is 8. The van der Waals surface area contributed by atoms with Gasteiger partial charge in [0.1, 0.15) is 11.4 Å². The highest BCUT2D eigenvalue weighted by molar-refractivity contribution is 5.87. The molecule has 1 aromatic carbocycles. The normalized spacial score (nSPS) is 31.1. The fraction of sp³-hybridized carbons (Fsp3) is 0.636. The number of likely N-dealkylation sites (N-methyl/N-ethyl adjacent to an activating group) is 1. The number of hydrogen-bond acceptors (Lipinski definition) is 13. The molecular weight excluding hydrogens is 602 g/mol. The SMILES string of the molecule is COc1ccc2c3c1O[C@H]1C(OC(=O)C[C@H](OC(=O)C[C@@H]4OC(C)(C)OC4=O)C(=O)OC(C)(C)C)=CC[C@@]4(O)[C@@H](C2)N(C)CC[C@]314. The van der Waals surface area contributed by atoms with E-state index in [9.17, 15) is 24.3 Å². The van der Waals surface area contributed by atoms with Gasteiger partial charge in [0.25, 0.3) is 0 Å². The molecule has 46 heavy (non-hydrogen) atoms. The predicted octanol–water partition coefficient (Wildman–Crippen LogP) is 2.23. The maximum absolute atomic E-state index is 13.5. The molecule has 13 heteroatoms. The summed E-state index contributed by atoms with van der Waals surface area (Å²) < 4.78 is 39.4. The summed E-state index contributed by atoms with van der Waals surface area (Å²) in [6, 6.07) is 3.66. The first-order chi connectivity index (χ1) is 21.5. The van der Waals surface area contributed by atoms with Crippen LogP contribution in [0.15, 0.2) is 24.0 Å². The standard InChI is InChI=1S/C33H41NO12/c1-30(2,3)45-28(37)20(42-24(36)16-21-29(38)46-31(4,5)44-21)15-23(35)41-19-10-11-33(39)22-14-17-8-9-18(40-7)26-25(17)32(33,27(19)43-26)12-13-34(22)6/h8-10,20-22,27,39H,11-16H2,1-7H3/t20-,21-,22+,27-,32-,33+/m0/s1. The molecule has 0 amide bonds. The molecule has 2 bridgehead atoms. The molecule has 250 valence electrons. The molecule has 0 radical (unpaired) electrons. The summed E-state index contributed by atoms with van der Waals surface area (Å²) in [7, 11) is 3.54. The molecule has 5 aliphatic rings. The number of ether oxygens (including phenoxy) is 7. The molecule has 0 saturated carbocycles. The number of likely N-dealkylation sites (tertiary alicyclic amines) is 1. The van der Waals surface area contributed by atoms with Gasteiger partial charge in [-0.05, 0) is 64.9 Å². The van der Waals surface area contributed by atoms with Gasteiger partial charge in [0, 0.05) is 31.9 Å². The quantitative estimate of drug-likeness (QED) is 0.325. The minimum atomic E-state index is -1.67. The van der Waals surface area contributed by atoms with Gasteiger partial charge < -0.3 is 43.2 Å². The van der Waals surface area contributed by atoms with Crippen LogP contribution in [0.25, 0.3) is 0 Å². The van der Waals surface area contributed by atoms with Crippen LogP contribution in [0.5, 0.6) is 11.5 Å². The Morgan fingerprint density at radius 1 is 1.17 bits per heavy atom. The van der Waals surface area contributed by atoms with Crippen LogP contribution in [-0.2, 0) is 54.7 Å². The Balaban J connectivity index is 1.24. The average molecular weight is 644 g/mol.